The number of fused-ring (bicyclic) bond motifs is 1. The average Bonchev–Trinajstić information content (AvgIpc) is 3.06. The number of likely N-dealkylation sites (tertiary alicyclic amines) is 1. The van der Waals surface area contributed by atoms with Crippen molar-refractivity contribution in [3.05, 3.63) is 71.7 Å². The Morgan fingerprint density at radius 3 is 2.63 bits per heavy atom. The number of hydrogen-bond donors (Lipinski definition) is 2. The van der Waals surface area contributed by atoms with Crippen molar-refractivity contribution in [3.8, 4) is 0 Å². The molecule has 1 aliphatic rings. The minimum absolute atomic E-state index is 0.329. The van der Waals surface area contributed by atoms with Crippen LogP contribution in [-0.4, -0.2) is 34.0 Å². The SMILES string of the molecule is O=C(O)[C@@H](c1c[nH]c2cc(F)ccc12)N1CCC(Cc2ccccc2)CC1. The van der Waals surface area contributed by atoms with Crippen LogP contribution in [0.2, 0.25) is 0 Å². The molecule has 0 radical (unpaired) electrons. The monoisotopic (exact) mass is 366 g/mol. The molecule has 0 saturated carbocycles. The third kappa shape index (κ3) is 3.74. The maximum absolute atomic E-state index is 13.4. The molecule has 3 aromatic rings. The number of carbonyl (C=O) groups is 1. The molecule has 1 saturated heterocycles. The smallest absolute Gasteiger partial charge is 0.325 e. The molecular formula is C22H23FN2O2. The number of nitrogens with one attached hydrogen (secondary N) is 1. The Labute approximate surface area is 157 Å². The molecule has 4 nitrogen and oxygen atoms in total. The number of benzene rings is 2. The summed E-state index contributed by atoms with van der Waals surface area (Å²) in [5.74, 6) is -0.610. The number of aromatic amines is 1. The molecule has 27 heavy (non-hydrogen) atoms. The zero-order chi connectivity index (χ0) is 18.8. The summed E-state index contributed by atoms with van der Waals surface area (Å²) in [6.45, 7) is 1.50. The van der Waals surface area contributed by atoms with Gasteiger partial charge in [0.1, 0.15) is 11.9 Å². The fraction of sp³-hybridized carbons (Fsp3) is 0.318. The van der Waals surface area contributed by atoms with Gasteiger partial charge in [-0.25, -0.2) is 4.39 Å². The summed E-state index contributed by atoms with van der Waals surface area (Å²) in [5, 5.41) is 10.7. The lowest BCUT2D eigenvalue weighted by Gasteiger charge is -2.35. The number of rotatable bonds is 5. The van der Waals surface area contributed by atoms with Crippen molar-refractivity contribution in [2.45, 2.75) is 25.3 Å². The largest absolute Gasteiger partial charge is 0.480 e. The van der Waals surface area contributed by atoms with E-state index in [2.05, 4.69) is 29.2 Å². The first-order chi connectivity index (χ1) is 13.1. The highest BCUT2D eigenvalue weighted by Gasteiger charge is 2.32. The first kappa shape index (κ1) is 17.7. The van der Waals surface area contributed by atoms with E-state index in [1.165, 1.54) is 17.7 Å². The number of aromatic nitrogens is 1. The molecule has 0 unspecified atom stereocenters. The van der Waals surface area contributed by atoms with Crippen LogP contribution in [-0.2, 0) is 11.2 Å². The Bertz CT molecular complexity index is 930. The lowest BCUT2D eigenvalue weighted by atomic mass is 9.89. The van der Waals surface area contributed by atoms with Crippen LogP contribution < -0.4 is 0 Å². The standard InChI is InChI=1S/C22H23FN2O2/c23-17-6-7-18-19(14-24-20(18)13-17)21(22(26)27)25-10-8-16(9-11-25)12-15-4-2-1-3-5-15/h1-7,13-14,16,21,24H,8-12H2,(H,26,27)/t21-/m1/s1. The van der Waals surface area contributed by atoms with Crippen molar-refractivity contribution in [3.63, 3.8) is 0 Å². The molecular weight excluding hydrogens is 343 g/mol. The first-order valence-corrected chi connectivity index (χ1v) is 9.39. The molecule has 5 heteroatoms. The molecule has 2 N–H and O–H groups in total. The molecule has 0 amide bonds. The molecule has 0 aliphatic carbocycles. The van der Waals surface area contributed by atoms with Gasteiger partial charge in [0.2, 0.25) is 0 Å². The fourth-order valence-corrected chi connectivity index (χ4v) is 4.20. The highest BCUT2D eigenvalue weighted by atomic mass is 19.1. The molecule has 0 bridgehead atoms. The molecule has 1 aliphatic heterocycles. The molecule has 1 aromatic heterocycles. The van der Waals surface area contributed by atoms with E-state index in [1.807, 2.05) is 11.0 Å². The van der Waals surface area contributed by atoms with Crippen LogP contribution in [0.1, 0.15) is 30.0 Å². The summed E-state index contributed by atoms with van der Waals surface area (Å²) in [6, 6.07) is 14.2. The number of H-pyrrole nitrogens is 1. The van der Waals surface area contributed by atoms with E-state index in [-0.39, 0.29) is 5.82 Å². The minimum atomic E-state index is -0.860. The second kappa shape index (κ2) is 7.53. The zero-order valence-electron chi connectivity index (χ0n) is 15.1. The lowest BCUT2D eigenvalue weighted by Crippen LogP contribution is -2.40. The summed E-state index contributed by atoms with van der Waals surface area (Å²) < 4.78 is 13.4. The topological polar surface area (TPSA) is 56.3 Å². The maximum atomic E-state index is 13.4. The van der Waals surface area contributed by atoms with Crippen molar-refractivity contribution >= 4 is 16.9 Å². The first-order valence-electron chi connectivity index (χ1n) is 9.39. The number of nitrogens with zero attached hydrogens (tertiary/aromatic N) is 1. The molecule has 4 rings (SSSR count). The molecule has 1 fully saturated rings. The van der Waals surface area contributed by atoms with Gasteiger partial charge in [0.25, 0.3) is 0 Å². The van der Waals surface area contributed by atoms with Crippen LogP contribution in [0, 0.1) is 11.7 Å². The Hall–Kier alpha value is -2.66. The van der Waals surface area contributed by atoms with Crippen LogP contribution in [0.5, 0.6) is 0 Å². The summed E-state index contributed by atoms with van der Waals surface area (Å²) in [5.41, 5.74) is 2.68. The fourth-order valence-electron chi connectivity index (χ4n) is 4.20. The summed E-state index contributed by atoms with van der Waals surface area (Å²) >= 11 is 0. The van der Waals surface area contributed by atoms with Crippen molar-refractivity contribution in [1.82, 2.24) is 9.88 Å². The second-order valence-electron chi connectivity index (χ2n) is 7.34. The van der Waals surface area contributed by atoms with E-state index in [0.29, 0.717) is 17.0 Å². The van der Waals surface area contributed by atoms with Gasteiger partial charge in [-0.2, -0.15) is 0 Å². The normalized spacial score (nSPS) is 17.2. The van der Waals surface area contributed by atoms with E-state index in [0.717, 1.165) is 37.7 Å². The predicted molar refractivity (Wildman–Crippen MR) is 103 cm³/mol. The van der Waals surface area contributed by atoms with Gasteiger partial charge in [-0.3, -0.25) is 9.69 Å². The number of halogens is 1. The Kier molecular flexibility index (Phi) is 4.94. The van der Waals surface area contributed by atoms with E-state index in [1.54, 1.807) is 12.3 Å². The number of piperidine rings is 1. The van der Waals surface area contributed by atoms with Gasteiger partial charge in [0.05, 0.1) is 0 Å². The van der Waals surface area contributed by atoms with Crippen molar-refractivity contribution in [1.29, 1.82) is 0 Å². The third-order valence-corrected chi connectivity index (χ3v) is 5.59. The second-order valence-corrected chi connectivity index (χ2v) is 7.34. The number of carboxylic acids is 1. The molecule has 2 aromatic carbocycles. The maximum Gasteiger partial charge on any atom is 0.325 e. The van der Waals surface area contributed by atoms with Gasteiger partial charge in [0, 0.05) is 22.7 Å². The van der Waals surface area contributed by atoms with Gasteiger partial charge in [0.15, 0.2) is 0 Å². The molecule has 2 heterocycles. The molecule has 1 atom stereocenters. The minimum Gasteiger partial charge on any atom is -0.480 e. The van der Waals surface area contributed by atoms with Crippen LogP contribution >= 0.6 is 0 Å². The number of hydrogen-bond acceptors (Lipinski definition) is 2. The van der Waals surface area contributed by atoms with Gasteiger partial charge in [-0.15, -0.1) is 0 Å². The zero-order valence-corrected chi connectivity index (χ0v) is 15.1. The van der Waals surface area contributed by atoms with E-state index < -0.39 is 12.0 Å². The number of aliphatic carboxylic acids is 1. The summed E-state index contributed by atoms with van der Waals surface area (Å²) in [7, 11) is 0. The Morgan fingerprint density at radius 1 is 1.19 bits per heavy atom. The van der Waals surface area contributed by atoms with Crippen molar-refractivity contribution < 1.29 is 14.3 Å². The quantitative estimate of drug-likeness (QED) is 0.704. The van der Waals surface area contributed by atoms with Crippen LogP contribution in [0.4, 0.5) is 4.39 Å². The van der Waals surface area contributed by atoms with Gasteiger partial charge in [-0.05, 0) is 62.0 Å². The average molecular weight is 366 g/mol. The van der Waals surface area contributed by atoms with Crippen LogP contribution in [0.3, 0.4) is 0 Å². The predicted octanol–water partition coefficient (Wildman–Crippen LogP) is 4.39. The Balaban J connectivity index is 1.49. The molecule has 0 spiro atoms. The Morgan fingerprint density at radius 2 is 1.93 bits per heavy atom. The highest BCUT2D eigenvalue weighted by molar-refractivity contribution is 5.89. The molecule has 140 valence electrons. The highest BCUT2D eigenvalue weighted by Crippen LogP contribution is 2.33. The van der Waals surface area contributed by atoms with Crippen LogP contribution in [0.15, 0.2) is 54.7 Å². The van der Waals surface area contributed by atoms with Gasteiger partial charge in [-0.1, -0.05) is 30.3 Å². The summed E-state index contributed by atoms with van der Waals surface area (Å²) in [4.78, 5) is 17.1. The van der Waals surface area contributed by atoms with E-state index in [9.17, 15) is 14.3 Å². The lowest BCUT2D eigenvalue weighted by molar-refractivity contribution is -0.144. The van der Waals surface area contributed by atoms with Crippen LogP contribution in [0.25, 0.3) is 10.9 Å². The van der Waals surface area contributed by atoms with Gasteiger partial charge < -0.3 is 10.1 Å². The van der Waals surface area contributed by atoms with E-state index in [4.69, 9.17) is 0 Å². The van der Waals surface area contributed by atoms with Crippen molar-refractivity contribution in [2.24, 2.45) is 5.92 Å². The summed E-state index contributed by atoms with van der Waals surface area (Å²) in [6.07, 6.45) is 4.71. The third-order valence-electron chi connectivity index (χ3n) is 5.59. The van der Waals surface area contributed by atoms with Crippen molar-refractivity contribution in [2.75, 3.05) is 13.1 Å². The van der Waals surface area contributed by atoms with Gasteiger partial charge >= 0.3 is 5.97 Å². The number of carboxylic acid groups (broad SMARTS) is 1. The van der Waals surface area contributed by atoms with E-state index >= 15 is 0 Å².